The predicted molar refractivity (Wildman–Crippen MR) is 110 cm³/mol. The zero-order valence-electron chi connectivity index (χ0n) is 17.2. The summed E-state index contributed by atoms with van der Waals surface area (Å²) in [5.41, 5.74) is 0.179. The molecular formula is C23H32O5. The third-order valence-electron chi connectivity index (χ3n) is 4.82. The van der Waals surface area contributed by atoms with E-state index in [2.05, 4.69) is 13.2 Å². The Morgan fingerprint density at radius 1 is 1.18 bits per heavy atom. The lowest BCUT2D eigenvalue weighted by atomic mass is 9.93. The first-order valence-corrected chi connectivity index (χ1v) is 9.64. The number of ether oxygens (including phenoxy) is 3. The van der Waals surface area contributed by atoms with E-state index in [-0.39, 0.29) is 11.9 Å². The van der Waals surface area contributed by atoms with Crippen LogP contribution in [0.1, 0.15) is 51.5 Å². The number of Topliss-reactive ketones (excluding diaryl/α,β-unsaturated/α-hetero) is 1. The Hall–Kier alpha value is -2.40. The number of hydrogen-bond donors (Lipinski definition) is 0. The molecule has 0 heterocycles. The lowest BCUT2D eigenvalue weighted by molar-refractivity contribution is -0.145. The van der Waals surface area contributed by atoms with Gasteiger partial charge >= 0.3 is 5.97 Å². The van der Waals surface area contributed by atoms with E-state index >= 15 is 0 Å². The van der Waals surface area contributed by atoms with E-state index in [9.17, 15) is 9.59 Å². The molecule has 0 aliphatic rings. The number of methoxy groups -OCH3 is 1. The molecule has 1 aromatic carbocycles. The normalized spacial score (nSPS) is 13.8. The highest BCUT2D eigenvalue weighted by molar-refractivity contribution is 5.86. The highest BCUT2D eigenvalue weighted by Crippen LogP contribution is 2.23. The van der Waals surface area contributed by atoms with Gasteiger partial charge in [-0.05, 0) is 50.3 Å². The van der Waals surface area contributed by atoms with Crippen LogP contribution in [0.25, 0.3) is 0 Å². The highest BCUT2D eigenvalue weighted by atomic mass is 16.5. The summed E-state index contributed by atoms with van der Waals surface area (Å²) in [5.74, 6) is 0.405. The van der Waals surface area contributed by atoms with Gasteiger partial charge in [-0.15, -0.1) is 0 Å². The maximum atomic E-state index is 12.7. The number of carbonyl (C=O) groups is 2. The number of carbonyl (C=O) groups excluding carboxylic acids is 2. The average molecular weight is 389 g/mol. The summed E-state index contributed by atoms with van der Waals surface area (Å²) in [7, 11) is 1.62. The summed E-state index contributed by atoms with van der Waals surface area (Å²) in [6.07, 6.45) is 5.49. The molecule has 0 bridgehead atoms. The van der Waals surface area contributed by atoms with E-state index in [1.165, 1.54) is 0 Å². The van der Waals surface area contributed by atoms with Gasteiger partial charge in [-0.3, -0.25) is 4.79 Å². The van der Waals surface area contributed by atoms with Gasteiger partial charge in [-0.25, -0.2) is 4.79 Å². The quantitative estimate of drug-likeness (QED) is 0.198. The second kappa shape index (κ2) is 12.1. The van der Waals surface area contributed by atoms with Crippen LogP contribution in [0.15, 0.2) is 49.6 Å². The summed E-state index contributed by atoms with van der Waals surface area (Å²) in [5, 5.41) is 0. The van der Waals surface area contributed by atoms with Gasteiger partial charge in [0, 0.05) is 12.5 Å². The number of hydrogen-bond acceptors (Lipinski definition) is 5. The zero-order chi connectivity index (χ0) is 21.0. The summed E-state index contributed by atoms with van der Waals surface area (Å²) in [4.78, 5) is 23.9. The van der Waals surface area contributed by atoms with Gasteiger partial charge in [-0.1, -0.05) is 38.3 Å². The Balaban J connectivity index is 2.46. The molecule has 0 aromatic heterocycles. The molecular weight excluding hydrogens is 356 g/mol. The molecule has 2 atom stereocenters. The van der Waals surface area contributed by atoms with E-state index < -0.39 is 11.6 Å². The fourth-order valence-corrected chi connectivity index (χ4v) is 2.66. The molecule has 0 aliphatic carbocycles. The van der Waals surface area contributed by atoms with Gasteiger partial charge < -0.3 is 14.2 Å². The summed E-state index contributed by atoms with van der Waals surface area (Å²) >= 11 is 0. The minimum Gasteiger partial charge on any atom is -0.497 e. The average Bonchev–Trinajstić information content (AvgIpc) is 2.73. The molecule has 0 radical (unpaired) electrons. The molecule has 0 fully saturated rings. The van der Waals surface area contributed by atoms with Crippen molar-refractivity contribution in [3.05, 3.63) is 55.1 Å². The van der Waals surface area contributed by atoms with E-state index in [0.29, 0.717) is 32.3 Å². The van der Waals surface area contributed by atoms with E-state index in [1.54, 1.807) is 13.2 Å². The van der Waals surface area contributed by atoms with Gasteiger partial charge in [-0.2, -0.15) is 0 Å². The number of rotatable bonds is 14. The fraction of sp³-hybridized carbons (Fsp3) is 0.478. The topological polar surface area (TPSA) is 61.8 Å². The molecule has 0 N–H and O–H groups in total. The second-order valence-corrected chi connectivity index (χ2v) is 6.81. The van der Waals surface area contributed by atoms with Crippen LogP contribution in [0.2, 0.25) is 0 Å². The van der Waals surface area contributed by atoms with E-state index in [1.807, 2.05) is 38.1 Å². The van der Waals surface area contributed by atoms with Gasteiger partial charge in [0.05, 0.1) is 13.7 Å². The number of unbranched alkanes of at least 4 members (excludes halogenated alkanes) is 1. The van der Waals surface area contributed by atoms with Crippen molar-refractivity contribution in [2.45, 2.75) is 64.3 Å². The van der Waals surface area contributed by atoms with Crippen molar-refractivity contribution in [2.24, 2.45) is 0 Å². The smallest absolute Gasteiger partial charge is 0.330 e. The first-order chi connectivity index (χ1) is 13.4. The minimum atomic E-state index is -0.812. The molecule has 1 aromatic rings. The largest absolute Gasteiger partial charge is 0.497 e. The summed E-state index contributed by atoms with van der Waals surface area (Å²) in [6, 6.07) is 7.61. The van der Waals surface area contributed by atoms with Crippen molar-refractivity contribution in [1.82, 2.24) is 0 Å². The van der Waals surface area contributed by atoms with Crippen molar-refractivity contribution in [3.8, 4) is 5.75 Å². The number of esters is 1. The third kappa shape index (κ3) is 7.69. The Bertz CT molecular complexity index is 649. The van der Waals surface area contributed by atoms with Crippen molar-refractivity contribution in [1.29, 1.82) is 0 Å². The van der Waals surface area contributed by atoms with Crippen LogP contribution in [0.4, 0.5) is 0 Å². The van der Waals surface area contributed by atoms with Gasteiger partial charge in [0.25, 0.3) is 0 Å². The summed E-state index contributed by atoms with van der Waals surface area (Å²) < 4.78 is 16.3. The molecule has 28 heavy (non-hydrogen) atoms. The molecule has 0 amide bonds. The maximum Gasteiger partial charge on any atom is 0.330 e. The van der Waals surface area contributed by atoms with Crippen molar-refractivity contribution < 1.29 is 23.8 Å². The van der Waals surface area contributed by atoms with Crippen LogP contribution >= 0.6 is 0 Å². The highest BCUT2D eigenvalue weighted by Gasteiger charge is 2.31. The lowest BCUT2D eigenvalue weighted by Gasteiger charge is -2.27. The standard InChI is InChI=1S/C23H32O5/c1-6-19(28-22(25)7-2)11-9-10-12-21(24)23(4,8-3)27-17-18-13-15-20(26-5)16-14-18/h6-7,13-16,19H,1-2,8-12,17H2,3-5H3/t19-,23-/m1/s1. The van der Waals surface area contributed by atoms with Crippen molar-refractivity contribution >= 4 is 11.8 Å². The van der Waals surface area contributed by atoms with Gasteiger partial charge in [0.15, 0.2) is 5.78 Å². The zero-order valence-corrected chi connectivity index (χ0v) is 17.2. The van der Waals surface area contributed by atoms with Gasteiger partial charge in [0.2, 0.25) is 0 Å². The minimum absolute atomic E-state index is 0.0850. The van der Waals surface area contributed by atoms with Crippen LogP contribution < -0.4 is 4.74 Å². The van der Waals surface area contributed by atoms with Crippen molar-refractivity contribution in [3.63, 3.8) is 0 Å². The Kier molecular flexibility index (Phi) is 10.2. The van der Waals surface area contributed by atoms with Crippen molar-refractivity contribution in [2.75, 3.05) is 7.11 Å². The third-order valence-corrected chi connectivity index (χ3v) is 4.82. The first-order valence-electron chi connectivity index (χ1n) is 9.64. The Labute approximate surface area is 168 Å². The number of ketones is 1. The Morgan fingerprint density at radius 3 is 2.39 bits per heavy atom. The first kappa shape index (κ1) is 23.6. The predicted octanol–water partition coefficient (Wildman–Crippen LogP) is 4.79. The summed E-state index contributed by atoms with van der Waals surface area (Å²) in [6.45, 7) is 11.2. The number of benzene rings is 1. The van der Waals surface area contributed by atoms with Crippen LogP contribution in [-0.2, 0) is 25.7 Å². The molecule has 0 saturated heterocycles. The molecule has 5 heteroatoms. The van der Waals surface area contributed by atoms with Crippen LogP contribution in [-0.4, -0.2) is 30.6 Å². The fourth-order valence-electron chi connectivity index (χ4n) is 2.66. The van der Waals surface area contributed by atoms with Crippen LogP contribution in [0.3, 0.4) is 0 Å². The van der Waals surface area contributed by atoms with Gasteiger partial charge in [0.1, 0.15) is 17.5 Å². The van der Waals surface area contributed by atoms with E-state index in [0.717, 1.165) is 23.8 Å². The van der Waals surface area contributed by atoms with Crippen LogP contribution in [0, 0.1) is 0 Å². The lowest BCUT2D eigenvalue weighted by Crippen LogP contribution is -2.37. The molecule has 5 nitrogen and oxygen atoms in total. The molecule has 154 valence electrons. The Morgan fingerprint density at radius 2 is 1.86 bits per heavy atom. The van der Waals surface area contributed by atoms with E-state index in [4.69, 9.17) is 14.2 Å². The SMILES string of the molecule is C=CC(=O)O[C@H](C=C)CCCCC(=O)[C@@](C)(CC)OCc1ccc(OC)cc1. The van der Waals surface area contributed by atoms with Crippen LogP contribution in [0.5, 0.6) is 5.75 Å². The molecule has 0 aliphatic heterocycles. The second-order valence-electron chi connectivity index (χ2n) is 6.81. The molecule has 1 rings (SSSR count). The monoisotopic (exact) mass is 388 g/mol. The molecule has 0 spiro atoms. The molecule has 0 unspecified atom stereocenters. The maximum absolute atomic E-state index is 12.7. The molecule has 0 saturated carbocycles.